The van der Waals surface area contributed by atoms with Gasteiger partial charge in [-0.05, 0) is 227 Å². The predicted molar refractivity (Wildman–Crippen MR) is 531 cm³/mol. The van der Waals surface area contributed by atoms with Crippen LogP contribution in [-0.2, 0) is 82.9 Å². The zero-order valence-electron chi connectivity index (χ0n) is 82.1. The van der Waals surface area contributed by atoms with Crippen molar-refractivity contribution in [3.05, 3.63) is 187 Å². The lowest BCUT2D eigenvalue weighted by atomic mass is 9.84. The lowest BCUT2D eigenvalue weighted by Gasteiger charge is -2.48. The number of aliphatic hydroxyl groups excluding tert-OH is 7. The Morgan fingerprint density at radius 1 is 0.615 bits per heavy atom. The number of benzene rings is 7. The summed E-state index contributed by atoms with van der Waals surface area (Å²) in [5, 5.41) is 145. The molecule has 0 aliphatic carbocycles. The SMILES string of the molecule is CC(C)C[C@H](C(=O)N[C@H]1C(=O)N[C@@H](CC(N)=O)C(=O)N[C@H]2C(=O)N[C@H]3C(=O)N[C@H](C(=O)N[C@H](C(=O)O)c4cc(O)ccc4-c4cc3ccc4C(O)O)[C@H](O[C@H]3C[C@](C)(N)[C@@H](O)[C@H](C)O3)c3ccc(c(Cl)c3)Oc3cc2cc(c3O[C@@H]2O[C@H](CO)[C@@H](O)[C@H](O)[C@H]2O[C@H]2C[C@](C)(NCc3ccc(-c4ccc(Cl)cc4)cc3)[C@@H](O)[C@H](C)O2)Oc2ccc(cc2Cl)[C@H]1O)N(C)C(=O)OCOC(=O)CNCCCNCCCCNCCCN. The third kappa shape index (κ3) is 28.1. The first kappa shape index (κ1) is 114. The number of aliphatic hydroxyl groups is 8. The lowest BCUT2D eigenvalue weighted by molar-refractivity contribution is -0.334. The molecule has 0 unspecified atom stereocenters. The van der Waals surface area contributed by atoms with Crippen molar-refractivity contribution in [2.45, 2.75) is 239 Å². The van der Waals surface area contributed by atoms with Crippen LogP contribution in [0.1, 0.15) is 168 Å². The highest BCUT2D eigenvalue weighted by Gasteiger charge is 2.54. The summed E-state index contributed by atoms with van der Waals surface area (Å²) in [6.45, 7) is 11.7. The number of halogens is 3. The van der Waals surface area contributed by atoms with Crippen LogP contribution in [-0.4, -0.2) is 285 Å². The highest BCUT2D eigenvalue weighted by atomic mass is 35.5. The van der Waals surface area contributed by atoms with E-state index < -0.39 is 286 Å². The Balaban J connectivity index is 0.935. The third-order valence-corrected chi connectivity index (χ3v) is 27.3. The molecule has 22 atom stereocenters. The summed E-state index contributed by atoms with van der Waals surface area (Å²) in [7, 11) is 1.16. The van der Waals surface area contributed by atoms with Gasteiger partial charge in [0.05, 0.1) is 54.0 Å². The van der Waals surface area contributed by atoms with E-state index in [4.69, 9.17) is 99.4 Å². The number of carboxylic acid groups (broad SMARTS) is 1. The van der Waals surface area contributed by atoms with Crippen molar-refractivity contribution in [1.82, 2.24) is 58.1 Å². The molecule has 3 fully saturated rings. The molecule has 7 aromatic carbocycles. The Kier molecular flexibility index (Phi) is 38.9. The molecule has 26 N–H and O–H groups in total. The standard InChI is InChI=1S/C101H127Cl3N14O30/c1-48(2)34-67(118(7)99(138)140-47-139-74(122)45-110-33-11-32-109-30-9-8-29-108-31-10-28-105)91(129)116-80-82(123)55-19-26-68(64(103)36-55)143-70-38-57-39-71(86(70)148-98-87(84(125)83(124)72(46-119)145-98)147-76-43-101(6,89(127)50(4)142-76)111-44-51-12-14-52(15-13-51)53-16-21-58(102)22-17-53)144-69-27-20-56(37-65(69)104)85(146-75-42-100(5,107)88(126)49(3)141-75)81-95(133)115-79(97(136)137)63-40-59(120)23-25-60(63)62-35-54(18-24-61(62)96(134)135)77(92(130)117-81)114-93(131)78(57)113-90(128)66(41-73(106)121)112-94(80)132/h12-27,35-40,48-50,66-67,72,75-85,87-89,96,98,108-111,119-120,123-127,134-135H,8-11,28-34,41-47,105,107H2,1-7H3,(H2,106,121)(H,112,132)(H,113,128)(H,114,131)(H,115,133)(H,116,129)(H,117,130)(H,136,137)/t49-,50-,66-,67+,72+,75-,76-,77+,78+,79-,80+,81-,82+,83+,84-,85+,87+,88-,89-,98-,100-,101-/m0/s1. The van der Waals surface area contributed by atoms with Gasteiger partial charge in [0.15, 0.2) is 42.5 Å². The average molecular weight is 2120 g/mol. The maximum absolute atomic E-state index is 16.8. The molecule has 7 aromatic rings. The van der Waals surface area contributed by atoms with Crippen LogP contribution in [0.15, 0.2) is 133 Å². The Morgan fingerprint density at radius 3 is 1.83 bits per heavy atom. The maximum atomic E-state index is 16.8. The number of nitrogens with zero attached hydrogens (tertiary/aromatic N) is 1. The second-order valence-electron chi connectivity index (χ2n) is 38.2. The first-order valence-electron chi connectivity index (χ1n) is 48.4. The van der Waals surface area contributed by atoms with Gasteiger partial charge in [-0.25, -0.2) is 9.59 Å². The summed E-state index contributed by atoms with van der Waals surface area (Å²) in [5.74, 6) is -16.4. The molecule has 0 radical (unpaired) electrons. The molecular weight excluding hydrogens is 2000 g/mol. The summed E-state index contributed by atoms with van der Waals surface area (Å²) < 4.78 is 63.8. The number of carbonyl (C=O) groups excluding carboxylic acids is 9. The van der Waals surface area contributed by atoms with Crippen LogP contribution < -0.4 is 84.6 Å². The predicted octanol–water partition coefficient (Wildman–Crippen LogP) is 3.70. The van der Waals surface area contributed by atoms with Gasteiger partial charge < -0.3 is 169 Å². The molecule has 0 saturated carbocycles. The number of esters is 1. The number of hydrogen-bond acceptors (Lipinski definition) is 35. The van der Waals surface area contributed by atoms with Crippen LogP contribution >= 0.6 is 34.8 Å². The number of carboxylic acids is 1. The summed E-state index contributed by atoms with van der Waals surface area (Å²) in [6.07, 6.45) is -24.3. The van der Waals surface area contributed by atoms with Crippen LogP contribution in [0.25, 0.3) is 22.3 Å². The molecule has 3 saturated heterocycles. The van der Waals surface area contributed by atoms with Crippen molar-refractivity contribution in [1.29, 1.82) is 0 Å². The topological polar surface area (TPSA) is 667 Å². The van der Waals surface area contributed by atoms with E-state index in [1.165, 1.54) is 32.0 Å². The zero-order valence-corrected chi connectivity index (χ0v) is 84.3. The second kappa shape index (κ2) is 50.8. The van der Waals surface area contributed by atoms with E-state index in [-0.39, 0.29) is 60.2 Å². The van der Waals surface area contributed by atoms with Crippen molar-refractivity contribution in [3.63, 3.8) is 0 Å². The van der Waals surface area contributed by atoms with Gasteiger partial charge in [-0.2, -0.15) is 0 Å². The van der Waals surface area contributed by atoms with E-state index in [0.29, 0.717) is 31.1 Å². The first-order chi connectivity index (χ1) is 70.4. The van der Waals surface area contributed by atoms with E-state index in [9.17, 15) is 70.2 Å². The number of ether oxygens (including phenoxy) is 10. The summed E-state index contributed by atoms with van der Waals surface area (Å²) >= 11 is 21.0. The second-order valence-corrected chi connectivity index (χ2v) is 39.5. The molecule has 8 aliphatic heterocycles. The highest BCUT2D eigenvalue weighted by molar-refractivity contribution is 6.32. The molecule has 44 nitrogen and oxygen atoms in total. The van der Waals surface area contributed by atoms with E-state index in [2.05, 4.69) is 53.2 Å². The summed E-state index contributed by atoms with van der Waals surface area (Å²) in [4.78, 5) is 152. The van der Waals surface area contributed by atoms with Gasteiger partial charge in [0.25, 0.3) is 0 Å². The number of aromatic hydroxyl groups is 1. The van der Waals surface area contributed by atoms with Crippen LogP contribution in [0.2, 0.25) is 15.1 Å². The molecule has 11 bridgehead atoms. The van der Waals surface area contributed by atoms with Gasteiger partial charge in [0, 0.05) is 48.1 Å². The van der Waals surface area contributed by atoms with E-state index >= 15 is 28.8 Å². The number of carbonyl (C=O) groups is 10. The highest BCUT2D eigenvalue weighted by Crippen LogP contribution is 2.50. The van der Waals surface area contributed by atoms with E-state index in [1.807, 2.05) is 36.4 Å². The zero-order chi connectivity index (χ0) is 107. The maximum Gasteiger partial charge on any atom is 0.413 e. The number of hydrogen-bond donors (Lipinski definition) is 23. The number of nitrogens with two attached hydrogens (primary N) is 3. The lowest BCUT2D eigenvalue weighted by Crippen LogP contribution is -2.65. The molecule has 802 valence electrons. The molecule has 148 heavy (non-hydrogen) atoms. The van der Waals surface area contributed by atoms with E-state index in [1.54, 1.807) is 39.8 Å². The van der Waals surface area contributed by atoms with Crippen molar-refractivity contribution in [2.75, 3.05) is 66.3 Å². The number of unbranched alkanes of at least 4 members (excludes halogenated alkanes) is 1. The minimum Gasteiger partial charge on any atom is -0.508 e. The van der Waals surface area contributed by atoms with Crippen LogP contribution in [0.4, 0.5) is 4.79 Å². The Labute approximate surface area is 866 Å². The van der Waals surface area contributed by atoms with E-state index in [0.717, 1.165) is 134 Å². The number of phenolic OH excluding ortho intramolecular Hbond substituents is 1. The number of likely N-dealkylation sites (N-methyl/N-ethyl adjacent to an activating group) is 1. The van der Waals surface area contributed by atoms with Crippen molar-refractivity contribution >= 4 is 94.2 Å². The minimum absolute atomic E-state index is 0.167. The number of amides is 8. The van der Waals surface area contributed by atoms with Crippen LogP contribution in [0, 0.1) is 5.92 Å². The van der Waals surface area contributed by atoms with Gasteiger partial charge >= 0.3 is 18.0 Å². The number of aliphatic carboxylic acids is 1. The Morgan fingerprint density at radius 2 is 1.21 bits per heavy atom. The van der Waals surface area contributed by atoms with Gasteiger partial charge in [-0.15, -0.1) is 0 Å². The average Bonchev–Trinajstić information content (AvgIpc) is 0.787. The number of nitrogens with one attached hydrogen (secondary N) is 10. The Hall–Kier alpha value is -11.7. The fourth-order valence-corrected chi connectivity index (χ4v) is 18.9. The summed E-state index contributed by atoms with van der Waals surface area (Å²) in [6, 6.07) is 14.8. The van der Waals surface area contributed by atoms with Gasteiger partial charge in [0.2, 0.25) is 60.2 Å². The molecule has 8 aliphatic rings. The van der Waals surface area contributed by atoms with Gasteiger partial charge in [-0.3, -0.25) is 43.3 Å². The van der Waals surface area contributed by atoms with Crippen LogP contribution in [0.3, 0.4) is 0 Å². The number of fused-ring (bicyclic) bond motifs is 15. The quantitative estimate of drug-likeness (QED) is 0.0151. The molecule has 15 rings (SSSR count). The van der Waals surface area contributed by atoms with Crippen LogP contribution in [0.5, 0.6) is 34.5 Å². The van der Waals surface area contributed by atoms with Crippen molar-refractivity contribution in [2.24, 2.45) is 23.1 Å². The fraction of sp³-hybridized carbons (Fsp3) is 0.485. The van der Waals surface area contributed by atoms with Gasteiger partial charge in [-0.1, -0.05) is 115 Å². The van der Waals surface area contributed by atoms with Gasteiger partial charge in [0.1, 0.15) is 84.0 Å². The molecule has 8 heterocycles. The first-order valence-corrected chi connectivity index (χ1v) is 49.6. The summed E-state index contributed by atoms with van der Waals surface area (Å²) in [5.41, 5.74) is 15.2. The fourth-order valence-electron chi connectivity index (χ4n) is 18.3. The minimum atomic E-state index is -2.48. The number of phenols is 1. The molecule has 0 spiro atoms. The smallest absolute Gasteiger partial charge is 0.413 e. The number of primary amides is 1. The third-order valence-electron chi connectivity index (χ3n) is 26.5. The molecular formula is C101H127Cl3N14O30. The molecule has 0 aromatic heterocycles. The normalized spacial score (nSPS) is 26.9. The van der Waals surface area contributed by atoms with Crippen molar-refractivity contribution < 1.29 is 146 Å². The Bertz CT molecular complexity index is 5880. The monoisotopic (exact) mass is 2120 g/mol. The molecule has 8 amide bonds. The number of rotatable bonds is 36. The molecule has 47 heteroatoms. The van der Waals surface area contributed by atoms with Crippen molar-refractivity contribution in [3.8, 4) is 56.8 Å². The largest absolute Gasteiger partial charge is 0.508 e.